The Balaban J connectivity index is 0.000000633. The Morgan fingerprint density at radius 2 is 0.938 bits per heavy atom. The van der Waals surface area contributed by atoms with Gasteiger partial charge < -0.3 is 5.32 Å². The van der Waals surface area contributed by atoms with Crippen LogP contribution in [0.2, 0.25) is 0 Å². The lowest BCUT2D eigenvalue weighted by Crippen LogP contribution is -2.17. The minimum Gasteiger partial charge on any atom is -0.317 e. The van der Waals surface area contributed by atoms with E-state index >= 15 is 0 Å². The average molecular weight is 481 g/mol. The van der Waals surface area contributed by atoms with Gasteiger partial charge in [0, 0.05) is 5.56 Å². The molecule has 1 nitrogen and oxygen atoms in total. The lowest BCUT2D eigenvalue weighted by atomic mass is 9.92. The van der Waals surface area contributed by atoms with Crippen LogP contribution in [0.15, 0.2) is 0 Å². The van der Waals surface area contributed by atoms with Gasteiger partial charge in [-0.05, 0) is 38.4 Å². The van der Waals surface area contributed by atoms with Crippen molar-refractivity contribution in [1.29, 1.82) is 0 Å². The summed E-state index contributed by atoms with van der Waals surface area (Å²) in [7, 11) is 0. The van der Waals surface area contributed by atoms with Crippen LogP contribution in [0.4, 0.5) is 48.3 Å². The molecule has 0 fully saturated rings. The summed E-state index contributed by atoms with van der Waals surface area (Å²) in [4.78, 5) is 0. The molecule has 1 N–H and O–H groups in total. The van der Waals surface area contributed by atoms with Crippen molar-refractivity contribution in [2.45, 2.75) is 39.8 Å². The third-order valence-corrected chi connectivity index (χ3v) is 4.16. The average Bonchev–Trinajstić information content (AvgIpc) is 2.73. The Morgan fingerprint density at radius 3 is 1.31 bits per heavy atom. The minimum absolute atomic E-state index is 0.362. The second-order valence-corrected chi connectivity index (χ2v) is 6.51. The Hall–Kier alpha value is -2.37. The van der Waals surface area contributed by atoms with Gasteiger partial charge in [0.05, 0.1) is 5.56 Å². The van der Waals surface area contributed by atoms with Crippen molar-refractivity contribution in [3.63, 3.8) is 0 Å². The molecule has 0 aliphatic carbocycles. The highest BCUT2D eigenvalue weighted by Gasteiger charge is 2.43. The monoisotopic (exact) mass is 481 g/mol. The predicted octanol–water partition coefficient (Wildman–Crippen LogP) is 7.19. The van der Waals surface area contributed by atoms with E-state index in [2.05, 4.69) is 19.2 Å². The molecule has 0 heterocycles. The zero-order valence-corrected chi connectivity index (χ0v) is 17.0. The van der Waals surface area contributed by atoms with Crippen LogP contribution in [0.1, 0.15) is 37.8 Å². The van der Waals surface area contributed by atoms with Gasteiger partial charge in [0.25, 0.3) is 0 Å². The van der Waals surface area contributed by atoms with Crippen LogP contribution in [0.5, 0.6) is 0 Å². The van der Waals surface area contributed by atoms with Crippen LogP contribution in [-0.4, -0.2) is 13.1 Å². The van der Waals surface area contributed by atoms with Gasteiger partial charge in [-0.25, -0.2) is 35.1 Å². The SMILES string of the molecule is CCCNCCC.Cc1c(F)c(F)c(F)c(C(F)(F)F)c1-c1c(F)c(F)c(F)c(F)c1F. The number of rotatable bonds is 5. The molecule has 2 aromatic carbocycles. The third-order valence-electron chi connectivity index (χ3n) is 4.16. The normalized spacial score (nSPS) is 11.4. The summed E-state index contributed by atoms with van der Waals surface area (Å²) in [6, 6.07) is 0. The molecule has 32 heavy (non-hydrogen) atoms. The standard InChI is InChI=1S/C14H3F11.C6H15N/c1-2-3(4-7(16)11(20)13(22)12(21)8(4)17)5(14(23,24)25)9(18)10(19)6(2)15;1-3-5-7-6-4-2/h1H3;7H,3-6H2,1-2H3. The smallest absolute Gasteiger partial charge is 0.317 e. The predicted molar refractivity (Wildman–Crippen MR) is 94.7 cm³/mol. The number of halogens is 11. The van der Waals surface area contributed by atoms with Crippen LogP contribution < -0.4 is 5.32 Å². The molecule has 0 aliphatic heterocycles. The maximum atomic E-state index is 13.8. The molecule has 0 aromatic heterocycles. The van der Waals surface area contributed by atoms with Gasteiger partial charge in [0.2, 0.25) is 5.82 Å². The fraction of sp³-hybridized carbons (Fsp3) is 0.400. The second kappa shape index (κ2) is 11.0. The van der Waals surface area contributed by atoms with Crippen molar-refractivity contribution >= 4 is 0 Å². The van der Waals surface area contributed by atoms with Crippen molar-refractivity contribution < 1.29 is 48.3 Å². The molecule has 0 unspecified atom stereocenters. The summed E-state index contributed by atoms with van der Waals surface area (Å²) < 4.78 is 146. The summed E-state index contributed by atoms with van der Waals surface area (Å²) >= 11 is 0. The number of hydrogen-bond donors (Lipinski definition) is 1. The van der Waals surface area contributed by atoms with Crippen LogP contribution >= 0.6 is 0 Å². The summed E-state index contributed by atoms with van der Waals surface area (Å²) in [6.07, 6.45) is -3.33. The fourth-order valence-electron chi connectivity index (χ4n) is 2.66. The van der Waals surface area contributed by atoms with Gasteiger partial charge in [0.15, 0.2) is 40.7 Å². The Kier molecular flexibility index (Phi) is 9.49. The van der Waals surface area contributed by atoms with E-state index in [0.717, 1.165) is 0 Å². The first-order valence-electron chi connectivity index (χ1n) is 9.20. The highest BCUT2D eigenvalue weighted by atomic mass is 19.4. The summed E-state index contributed by atoms with van der Waals surface area (Å²) in [5.74, 6) is -21.2. The first-order chi connectivity index (χ1) is 14.7. The van der Waals surface area contributed by atoms with Crippen molar-refractivity contribution in [1.82, 2.24) is 5.32 Å². The molecule has 2 aromatic rings. The van der Waals surface area contributed by atoms with Gasteiger partial charge in [-0.1, -0.05) is 13.8 Å². The van der Waals surface area contributed by atoms with Gasteiger partial charge in [-0.15, -0.1) is 0 Å². The zero-order chi connectivity index (χ0) is 25.0. The van der Waals surface area contributed by atoms with Crippen LogP contribution in [0.25, 0.3) is 11.1 Å². The first-order valence-corrected chi connectivity index (χ1v) is 9.20. The zero-order valence-electron chi connectivity index (χ0n) is 17.0. The Bertz CT molecular complexity index is 935. The molecule has 0 bridgehead atoms. The van der Waals surface area contributed by atoms with Gasteiger partial charge in [-0.3, -0.25) is 0 Å². The topological polar surface area (TPSA) is 12.0 Å². The van der Waals surface area contributed by atoms with E-state index in [1.54, 1.807) is 0 Å². The van der Waals surface area contributed by atoms with E-state index in [1.807, 2.05) is 0 Å². The van der Waals surface area contributed by atoms with E-state index < -0.39 is 75.0 Å². The van der Waals surface area contributed by atoms with E-state index in [-0.39, 0.29) is 0 Å². The molecule has 0 radical (unpaired) electrons. The quantitative estimate of drug-likeness (QED) is 0.206. The number of nitrogens with one attached hydrogen (secondary N) is 1. The van der Waals surface area contributed by atoms with Crippen LogP contribution in [0, 0.1) is 53.5 Å². The Labute approximate surface area is 176 Å². The first kappa shape index (κ1) is 27.7. The van der Waals surface area contributed by atoms with E-state index in [9.17, 15) is 48.3 Å². The van der Waals surface area contributed by atoms with E-state index in [0.29, 0.717) is 6.92 Å². The molecule has 0 atom stereocenters. The lowest BCUT2D eigenvalue weighted by molar-refractivity contribution is -0.139. The van der Waals surface area contributed by atoms with E-state index in [1.165, 1.54) is 25.9 Å². The largest absolute Gasteiger partial charge is 0.419 e. The van der Waals surface area contributed by atoms with Crippen molar-refractivity contribution in [3.05, 3.63) is 57.7 Å². The van der Waals surface area contributed by atoms with Gasteiger partial charge in [0.1, 0.15) is 5.56 Å². The summed E-state index contributed by atoms with van der Waals surface area (Å²) in [6.45, 7) is 7.08. The van der Waals surface area contributed by atoms with Crippen molar-refractivity contribution in [2.75, 3.05) is 13.1 Å². The molecule has 0 aliphatic rings. The van der Waals surface area contributed by atoms with Crippen molar-refractivity contribution in [3.8, 4) is 11.1 Å². The van der Waals surface area contributed by atoms with Crippen molar-refractivity contribution in [2.24, 2.45) is 0 Å². The third kappa shape index (κ3) is 5.51. The number of alkyl halides is 3. The van der Waals surface area contributed by atoms with Gasteiger partial charge >= 0.3 is 6.18 Å². The highest BCUT2D eigenvalue weighted by Crippen LogP contribution is 2.45. The molecule has 180 valence electrons. The molecule has 2 rings (SSSR count). The van der Waals surface area contributed by atoms with Gasteiger partial charge in [-0.2, -0.15) is 13.2 Å². The number of benzene rings is 2. The Morgan fingerprint density at radius 1 is 0.562 bits per heavy atom. The molecule has 0 amide bonds. The maximum Gasteiger partial charge on any atom is 0.419 e. The fourth-order valence-corrected chi connectivity index (χ4v) is 2.66. The van der Waals surface area contributed by atoms with Crippen LogP contribution in [0.3, 0.4) is 0 Å². The molecular formula is C20H18F11N. The summed E-state index contributed by atoms with van der Waals surface area (Å²) in [5, 5.41) is 3.28. The molecule has 0 saturated carbocycles. The maximum absolute atomic E-state index is 13.8. The van der Waals surface area contributed by atoms with Crippen LogP contribution in [-0.2, 0) is 6.18 Å². The lowest BCUT2D eigenvalue weighted by Gasteiger charge is -2.19. The van der Waals surface area contributed by atoms with E-state index in [4.69, 9.17) is 0 Å². The molecule has 0 saturated heterocycles. The summed E-state index contributed by atoms with van der Waals surface area (Å²) in [5.41, 5.74) is -8.45. The molecular weight excluding hydrogens is 463 g/mol. The minimum atomic E-state index is -5.83. The number of hydrogen-bond acceptors (Lipinski definition) is 1. The highest BCUT2D eigenvalue weighted by molar-refractivity contribution is 5.73. The second-order valence-electron chi connectivity index (χ2n) is 6.51. The molecule has 12 heteroatoms. The molecule has 0 spiro atoms.